The van der Waals surface area contributed by atoms with Crippen molar-refractivity contribution in [2.45, 2.75) is 44.5 Å². The van der Waals surface area contributed by atoms with Crippen LogP contribution < -0.4 is 5.32 Å². The summed E-state index contributed by atoms with van der Waals surface area (Å²) in [7, 11) is 1.67. The third kappa shape index (κ3) is 10.1. The van der Waals surface area contributed by atoms with Gasteiger partial charge in [-0.05, 0) is 63.0 Å². The number of allylic oxidation sites excluding steroid dienone is 8. The minimum absolute atomic E-state index is 0.247. The van der Waals surface area contributed by atoms with E-state index in [4.69, 9.17) is 9.47 Å². The molecule has 5 nitrogen and oxygen atoms in total. The number of rotatable bonds is 12. The number of aliphatic imine (C=N–C) groups is 1. The number of nitrogens with one attached hydrogen (secondary N) is 1. The molecule has 0 saturated carbocycles. The van der Waals surface area contributed by atoms with Crippen LogP contribution in [0.25, 0.3) is 0 Å². The number of nitrogens with zero attached hydrogens (tertiary/aromatic N) is 1. The summed E-state index contributed by atoms with van der Waals surface area (Å²) >= 11 is 3.58. The van der Waals surface area contributed by atoms with Gasteiger partial charge in [-0.25, -0.2) is 0 Å². The Labute approximate surface area is 189 Å². The van der Waals surface area contributed by atoms with Crippen molar-refractivity contribution in [1.29, 1.82) is 0 Å². The van der Waals surface area contributed by atoms with Gasteiger partial charge in [0.2, 0.25) is 0 Å². The highest BCUT2D eigenvalue weighted by Crippen LogP contribution is 2.21. The maximum Gasteiger partial charge on any atom is 0.123 e. The summed E-state index contributed by atoms with van der Waals surface area (Å²) in [6, 6.07) is 0. The van der Waals surface area contributed by atoms with Crippen LogP contribution in [0.15, 0.2) is 76.8 Å². The molecule has 30 heavy (non-hydrogen) atoms. The molecule has 1 heterocycles. The molecule has 2 N–H and O–H groups in total. The van der Waals surface area contributed by atoms with E-state index >= 15 is 0 Å². The summed E-state index contributed by atoms with van der Waals surface area (Å²) in [5.41, 5.74) is 2.14. The van der Waals surface area contributed by atoms with Gasteiger partial charge in [-0.2, -0.15) is 0 Å². The first-order valence-corrected chi connectivity index (χ1v) is 11.2. The Balaban J connectivity index is 2.83. The molecular formula is C24H35BrN2O3. The van der Waals surface area contributed by atoms with Crippen molar-refractivity contribution < 1.29 is 14.6 Å². The molecule has 1 rings (SSSR count). The van der Waals surface area contributed by atoms with E-state index in [9.17, 15) is 5.11 Å². The first-order chi connectivity index (χ1) is 14.4. The van der Waals surface area contributed by atoms with Crippen molar-refractivity contribution in [2.24, 2.45) is 4.99 Å². The lowest BCUT2D eigenvalue weighted by Gasteiger charge is -2.19. The van der Waals surface area contributed by atoms with Crippen LogP contribution in [-0.2, 0) is 9.47 Å². The number of hydrogen-bond acceptors (Lipinski definition) is 5. The number of β-amino-alcohol motifs (C(OH)–C–C–N with tert-alkyl or cyclic N) is 1. The van der Waals surface area contributed by atoms with Gasteiger partial charge >= 0.3 is 0 Å². The van der Waals surface area contributed by atoms with Crippen LogP contribution in [0.4, 0.5) is 0 Å². The zero-order valence-electron chi connectivity index (χ0n) is 18.5. The van der Waals surface area contributed by atoms with E-state index in [-0.39, 0.29) is 4.83 Å². The van der Waals surface area contributed by atoms with Crippen LogP contribution >= 0.6 is 15.9 Å². The summed E-state index contributed by atoms with van der Waals surface area (Å²) in [5, 5.41) is 12.7. The molecule has 0 aliphatic carbocycles. The maximum atomic E-state index is 9.52. The van der Waals surface area contributed by atoms with Crippen LogP contribution in [0.5, 0.6) is 0 Å². The standard InChI is InChI=1S/C24H35BrN2O3/c1-6-10-23(29-5)20(15-19(4)25)12-9-14-22(30-7-2)13-8-11-18(3)24-26-16-21(28)17-27-24/h6,8,10-11,13-15,19,21,28H,1,7,9,12,16-17H2,2-5H3,(H,26,27)/b13-8-,18-11+,20-15-,22-14-,23-10+. The second kappa shape index (κ2) is 14.9. The lowest BCUT2D eigenvalue weighted by atomic mass is 10.1. The molecule has 166 valence electrons. The number of aliphatic hydroxyl groups is 1. The number of alkyl halides is 1. The average Bonchev–Trinajstić information content (AvgIpc) is 2.71. The van der Waals surface area contributed by atoms with Crippen molar-refractivity contribution in [3.05, 3.63) is 71.8 Å². The number of halogens is 1. The summed E-state index contributed by atoms with van der Waals surface area (Å²) in [4.78, 5) is 4.60. The van der Waals surface area contributed by atoms with Crippen molar-refractivity contribution >= 4 is 21.8 Å². The minimum Gasteiger partial charge on any atom is -0.496 e. The predicted molar refractivity (Wildman–Crippen MR) is 130 cm³/mol. The molecule has 0 aromatic rings. The molecule has 0 aromatic carbocycles. The topological polar surface area (TPSA) is 63.1 Å². The number of hydrogen-bond donors (Lipinski definition) is 2. The van der Waals surface area contributed by atoms with Crippen LogP contribution in [0.3, 0.4) is 0 Å². The molecule has 1 aliphatic heterocycles. The fraction of sp³-hybridized carbons (Fsp3) is 0.458. The van der Waals surface area contributed by atoms with Crippen molar-refractivity contribution in [1.82, 2.24) is 5.32 Å². The fourth-order valence-corrected chi connectivity index (χ4v) is 3.17. The number of amidine groups is 1. The molecule has 0 fully saturated rings. The Bertz CT molecular complexity index is 731. The van der Waals surface area contributed by atoms with Crippen molar-refractivity contribution in [3.8, 4) is 0 Å². The van der Waals surface area contributed by atoms with Gasteiger partial charge in [0.05, 0.1) is 26.4 Å². The van der Waals surface area contributed by atoms with E-state index in [0.29, 0.717) is 19.7 Å². The van der Waals surface area contributed by atoms with E-state index < -0.39 is 6.10 Å². The zero-order valence-corrected chi connectivity index (χ0v) is 20.1. The summed E-state index contributed by atoms with van der Waals surface area (Å²) < 4.78 is 11.3. The monoisotopic (exact) mass is 478 g/mol. The smallest absolute Gasteiger partial charge is 0.123 e. The molecule has 0 bridgehead atoms. The summed E-state index contributed by atoms with van der Waals surface area (Å²) in [6.07, 6.45) is 15.0. The maximum absolute atomic E-state index is 9.52. The molecule has 0 radical (unpaired) electrons. The molecule has 2 unspecified atom stereocenters. The Kier molecular flexibility index (Phi) is 12.9. The van der Waals surface area contributed by atoms with E-state index in [2.05, 4.69) is 51.9 Å². The van der Waals surface area contributed by atoms with Crippen LogP contribution in [-0.4, -0.2) is 48.7 Å². The molecule has 1 aliphatic rings. The molecule has 6 heteroatoms. The third-order valence-corrected chi connectivity index (χ3v) is 4.52. The largest absolute Gasteiger partial charge is 0.496 e. The molecule has 0 spiro atoms. The number of ether oxygens (including phenoxy) is 2. The first kappa shape index (κ1) is 26.0. The SMILES string of the molecule is C=C/C=C(OC)\C(=C/C(C)Br)CC/C=C(/C=C\C=C(/C)C1=NCC(O)CN1)OCC. The Morgan fingerprint density at radius 1 is 1.43 bits per heavy atom. The second-order valence-corrected chi connectivity index (χ2v) is 8.30. The van der Waals surface area contributed by atoms with Gasteiger partial charge in [0, 0.05) is 11.4 Å². The van der Waals surface area contributed by atoms with Gasteiger partial charge in [0.1, 0.15) is 17.4 Å². The van der Waals surface area contributed by atoms with Gasteiger partial charge < -0.3 is 19.9 Å². The summed E-state index contributed by atoms with van der Waals surface area (Å²) in [6.45, 7) is 11.4. The zero-order chi connectivity index (χ0) is 22.4. The average molecular weight is 479 g/mol. The lowest BCUT2D eigenvalue weighted by Crippen LogP contribution is -2.39. The predicted octanol–water partition coefficient (Wildman–Crippen LogP) is 4.98. The molecular weight excluding hydrogens is 444 g/mol. The van der Waals surface area contributed by atoms with Gasteiger partial charge in [-0.1, -0.05) is 46.8 Å². The molecule has 0 saturated heterocycles. The van der Waals surface area contributed by atoms with Gasteiger partial charge in [-0.15, -0.1) is 0 Å². The Morgan fingerprint density at radius 2 is 2.20 bits per heavy atom. The lowest BCUT2D eigenvalue weighted by molar-refractivity contribution is 0.181. The highest BCUT2D eigenvalue weighted by atomic mass is 79.9. The minimum atomic E-state index is -0.406. The van der Waals surface area contributed by atoms with Crippen LogP contribution in [0.1, 0.15) is 33.6 Å². The Morgan fingerprint density at radius 3 is 2.77 bits per heavy atom. The highest BCUT2D eigenvalue weighted by molar-refractivity contribution is 9.09. The fourth-order valence-electron chi connectivity index (χ4n) is 2.85. The molecule has 0 aromatic heterocycles. The molecule has 0 amide bonds. The number of methoxy groups -OCH3 is 1. The molecule has 2 atom stereocenters. The van der Waals surface area contributed by atoms with E-state index in [1.54, 1.807) is 13.2 Å². The van der Waals surface area contributed by atoms with E-state index in [0.717, 1.165) is 41.3 Å². The van der Waals surface area contributed by atoms with Crippen molar-refractivity contribution in [2.75, 3.05) is 26.8 Å². The van der Waals surface area contributed by atoms with Gasteiger partial charge in [0.15, 0.2) is 0 Å². The normalized spacial score (nSPS) is 19.9. The Hall–Kier alpha value is -2.05. The van der Waals surface area contributed by atoms with Crippen molar-refractivity contribution in [3.63, 3.8) is 0 Å². The third-order valence-electron chi connectivity index (χ3n) is 4.25. The van der Waals surface area contributed by atoms with Gasteiger partial charge in [-0.3, -0.25) is 4.99 Å². The first-order valence-electron chi connectivity index (χ1n) is 10.3. The summed E-state index contributed by atoms with van der Waals surface area (Å²) in [5.74, 6) is 2.47. The van der Waals surface area contributed by atoms with E-state index in [1.165, 1.54) is 0 Å². The number of aliphatic hydroxyl groups excluding tert-OH is 1. The van der Waals surface area contributed by atoms with Crippen LogP contribution in [0, 0.1) is 0 Å². The highest BCUT2D eigenvalue weighted by Gasteiger charge is 2.12. The quantitative estimate of drug-likeness (QED) is 0.236. The van der Waals surface area contributed by atoms with Gasteiger partial charge in [0.25, 0.3) is 0 Å². The second-order valence-electron chi connectivity index (χ2n) is 6.85. The van der Waals surface area contributed by atoms with E-state index in [1.807, 2.05) is 38.2 Å². The van der Waals surface area contributed by atoms with Crippen LogP contribution in [0.2, 0.25) is 0 Å².